The van der Waals surface area contributed by atoms with E-state index < -0.39 is 5.82 Å². The number of hydrogen-bond acceptors (Lipinski definition) is 9. The molecule has 2 aromatic heterocycles. The molecule has 4 aliphatic heterocycles. The molecule has 4 aliphatic rings. The molecule has 4 fully saturated rings. The number of rotatable bonds is 5. The van der Waals surface area contributed by atoms with Crippen LogP contribution in [0.15, 0.2) is 36.5 Å². The third-order valence-corrected chi connectivity index (χ3v) is 9.59. The molecular formula is C33H33FN6O3. The zero-order valence-corrected chi connectivity index (χ0v) is 23.9. The van der Waals surface area contributed by atoms with E-state index >= 15 is 4.39 Å². The van der Waals surface area contributed by atoms with Gasteiger partial charge < -0.3 is 24.8 Å². The number of pyridine rings is 1. The van der Waals surface area contributed by atoms with Crippen molar-refractivity contribution < 1.29 is 19.0 Å². The Kier molecular flexibility index (Phi) is 6.37. The summed E-state index contributed by atoms with van der Waals surface area (Å²) in [5, 5.41) is 16.0. The summed E-state index contributed by atoms with van der Waals surface area (Å²) in [4.78, 5) is 18.9. The van der Waals surface area contributed by atoms with Crippen LogP contribution in [0.2, 0.25) is 0 Å². The summed E-state index contributed by atoms with van der Waals surface area (Å²) >= 11 is 0. The summed E-state index contributed by atoms with van der Waals surface area (Å²) < 4.78 is 28.9. The van der Waals surface area contributed by atoms with E-state index in [1.165, 1.54) is 6.07 Å². The fraction of sp³-hybridized carbons (Fsp3) is 0.424. The van der Waals surface area contributed by atoms with Crippen LogP contribution in [0.5, 0.6) is 11.8 Å². The van der Waals surface area contributed by atoms with Crippen molar-refractivity contribution in [3.8, 4) is 35.4 Å². The predicted molar refractivity (Wildman–Crippen MR) is 162 cm³/mol. The van der Waals surface area contributed by atoms with Gasteiger partial charge in [0.15, 0.2) is 5.82 Å². The van der Waals surface area contributed by atoms with Gasteiger partial charge in [0.25, 0.3) is 0 Å². The second-order valence-electron chi connectivity index (χ2n) is 12.3. The molecule has 220 valence electrons. The molecule has 9 nitrogen and oxygen atoms in total. The Morgan fingerprint density at radius 3 is 2.70 bits per heavy atom. The molecule has 0 saturated carbocycles. The number of hydrogen-bond donors (Lipinski definition) is 2. The molecular weight excluding hydrogens is 547 g/mol. The number of aromatic hydroxyl groups is 1. The van der Waals surface area contributed by atoms with Crippen molar-refractivity contribution >= 4 is 27.5 Å². The first-order valence-electron chi connectivity index (χ1n) is 15.1. The highest BCUT2D eigenvalue weighted by molar-refractivity contribution is 6.02. The van der Waals surface area contributed by atoms with E-state index in [9.17, 15) is 5.11 Å². The fourth-order valence-electron chi connectivity index (χ4n) is 7.67. The molecule has 43 heavy (non-hydrogen) atoms. The molecule has 4 saturated heterocycles. The van der Waals surface area contributed by atoms with Crippen molar-refractivity contribution in [2.24, 2.45) is 0 Å². The van der Waals surface area contributed by atoms with Gasteiger partial charge >= 0.3 is 6.01 Å². The average molecular weight is 581 g/mol. The van der Waals surface area contributed by atoms with Gasteiger partial charge in [-0.3, -0.25) is 9.88 Å². The molecule has 6 heterocycles. The molecule has 2 N–H and O–H groups in total. The minimum absolute atomic E-state index is 0.00289. The highest BCUT2D eigenvalue weighted by Gasteiger charge is 2.45. The van der Waals surface area contributed by atoms with Crippen molar-refractivity contribution in [1.82, 2.24) is 25.2 Å². The first-order valence-corrected chi connectivity index (χ1v) is 15.1. The third-order valence-electron chi connectivity index (χ3n) is 9.59. The lowest BCUT2D eigenvalue weighted by atomic mass is 9.95. The van der Waals surface area contributed by atoms with E-state index in [-0.39, 0.29) is 40.6 Å². The molecule has 2 aromatic carbocycles. The number of nitrogens with one attached hydrogen (secondary N) is 1. The van der Waals surface area contributed by atoms with E-state index in [2.05, 4.69) is 31.0 Å². The summed E-state index contributed by atoms with van der Waals surface area (Å²) in [6, 6.07) is 9.02. The highest BCUT2D eigenvalue weighted by atomic mass is 19.1. The fourth-order valence-corrected chi connectivity index (χ4v) is 7.67. The van der Waals surface area contributed by atoms with E-state index in [4.69, 9.17) is 20.9 Å². The van der Waals surface area contributed by atoms with Crippen LogP contribution in [0.3, 0.4) is 0 Å². The number of nitrogens with zero attached hydrogens (tertiary/aromatic N) is 5. The SMILES string of the molecule is C#Cc1cccc2cc(O)cc(-c3ncc4c(N5CC6COCC(C5)N6)nc(OCC56CCCN5CCC6)nc4c3F)c12. The van der Waals surface area contributed by atoms with Gasteiger partial charge in [0, 0.05) is 47.9 Å². The third kappa shape index (κ3) is 4.46. The van der Waals surface area contributed by atoms with Gasteiger partial charge in [0.2, 0.25) is 0 Å². The van der Waals surface area contributed by atoms with Gasteiger partial charge in [-0.2, -0.15) is 9.97 Å². The molecule has 2 unspecified atom stereocenters. The molecule has 0 radical (unpaired) electrons. The molecule has 0 spiro atoms. The number of phenolic OH excluding ortho intramolecular Hbond substituents is 1. The van der Waals surface area contributed by atoms with Gasteiger partial charge in [-0.15, -0.1) is 6.42 Å². The van der Waals surface area contributed by atoms with Crippen LogP contribution in [0, 0.1) is 18.2 Å². The van der Waals surface area contributed by atoms with Crippen molar-refractivity contribution in [1.29, 1.82) is 0 Å². The highest BCUT2D eigenvalue weighted by Crippen LogP contribution is 2.41. The van der Waals surface area contributed by atoms with Crippen LogP contribution >= 0.6 is 0 Å². The lowest BCUT2D eigenvalue weighted by Gasteiger charge is -2.42. The monoisotopic (exact) mass is 580 g/mol. The molecule has 10 heteroatoms. The lowest BCUT2D eigenvalue weighted by Crippen LogP contribution is -2.63. The predicted octanol–water partition coefficient (Wildman–Crippen LogP) is 3.86. The second-order valence-corrected chi connectivity index (χ2v) is 12.3. The quantitative estimate of drug-likeness (QED) is 0.341. The van der Waals surface area contributed by atoms with E-state index in [1.807, 2.05) is 12.1 Å². The van der Waals surface area contributed by atoms with Crippen LogP contribution in [0.1, 0.15) is 31.2 Å². The van der Waals surface area contributed by atoms with Crippen molar-refractivity contribution in [3.05, 3.63) is 47.9 Å². The Morgan fingerprint density at radius 2 is 1.93 bits per heavy atom. The summed E-state index contributed by atoms with van der Waals surface area (Å²) in [7, 11) is 0. The number of piperazine rings is 1. The molecule has 4 aromatic rings. The average Bonchev–Trinajstić information content (AvgIpc) is 3.60. The van der Waals surface area contributed by atoms with Crippen LogP contribution in [-0.2, 0) is 4.74 Å². The Hall–Kier alpha value is -4.04. The first-order chi connectivity index (χ1) is 21.0. The van der Waals surface area contributed by atoms with Crippen molar-refractivity contribution in [2.75, 3.05) is 50.9 Å². The number of benzene rings is 2. The zero-order chi connectivity index (χ0) is 29.1. The smallest absolute Gasteiger partial charge is 0.319 e. The van der Waals surface area contributed by atoms with Crippen LogP contribution in [0.4, 0.5) is 10.2 Å². The maximum absolute atomic E-state index is 16.8. The number of morpholine rings is 1. The Bertz CT molecular complexity index is 1770. The first kappa shape index (κ1) is 26.6. The summed E-state index contributed by atoms with van der Waals surface area (Å²) in [5.74, 6) is 2.69. The van der Waals surface area contributed by atoms with Crippen molar-refractivity contribution in [2.45, 2.75) is 43.3 Å². The number of anilines is 1. The van der Waals surface area contributed by atoms with Gasteiger partial charge in [0.1, 0.15) is 29.4 Å². The summed E-state index contributed by atoms with van der Waals surface area (Å²) in [5.41, 5.74) is 1.19. The Balaban J connectivity index is 1.27. The minimum Gasteiger partial charge on any atom is -0.508 e. The summed E-state index contributed by atoms with van der Waals surface area (Å²) in [6.45, 7) is 5.17. The van der Waals surface area contributed by atoms with Crippen molar-refractivity contribution in [3.63, 3.8) is 0 Å². The number of fused-ring (bicyclic) bond motifs is 5. The van der Waals surface area contributed by atoms with E-state index in [1.54, 1.807) is 18.3 Å². The largest absolute Gasteiger partial charge is 0.508 e. The van der Waals surface area contributed by atoms with E-state index in [0.717, 1.165) is 38.8 Å². The number of halogens is 1. The van der Waals surface area contributed by atoms with Crippen LogP contribution in [0.25, 0.3) is 32.9 Å². The lowest BCUT2D eigenvalue weighted by molar-refractivity contribution is 0.0374. The standard InChI is InChI=1S/C33H33FN6O3/c1-2-20-6-3-7-21-12-24(41)13-25(27(20)21)29-28(34)30-26(14-35-29)31(39-15-22-17-42-18-23(16-39)36-22)38-32(37-30)43-19-33-8-4-10-40(33)11-5-9-33/h1,3,6-7,12-14,22-23,36,41H,4-5,8-11,15-19H2. The molecule has 2 bridgehead atoms. The minimum atomic E-state index is -0.607. The van der Waals surface area contributed by atoms with Gasteiger partial charge in [-0.1, -0.05) is 18.1 Å². The topological polar surface area (TPSA) is 95.9 Å². The van der Waals surface area contributed by atoms with Gasteiger partial charge in [-0.05, 0) is 62.4 Å². The summed E-state index contributed by atoms with van der Waals surface area (Å²) in [6.07, 6.45) is 11.9. The Labute approximate surface area is 249 Å². The number of terminal acetylenes is 1. The number of ether oxygens (including phenoxy) is 2. The number of phenols is 1. The van der Waals surface area contributed by atoms with Gasteiger partial charge in [-0.25, -0.2) is 4.39 Å². The second kappa shape index (κ2) is 10.3. The normalized spacial score (nSPS) is 23.0. The van der Waals surface area contributed by atoms with Gasteiger partial charge in [0.05, 0.1) is 24.1 Å². The molecule has 0 aliphatic carbocycles. The maximum Gasteiger partial charge on any atom is 0.319 e. The molecule has 8 rings (SSSR count). The van der Waals surface area contributed by atoms with E-state index in [0.29, 0.717) is 66.0 Å². The maximum atomic E-state index is 16.8. The zero-order valence-electron chi connectivity index (χ0n) is 23.9. The number of aromatic nitrogens is 3. The Morgan fingerprint density at radius 1 is 1.14 bits per heavy atom. The molecule has 0 amide bonds. The van der Waals surface area contributed by atoms with Crippen LogP contribution < -0.4 is 15.0 Å². The van der Waals surface area contributed by atoms with Crippen LogP contribution in [-0.4, -0.2) is 88.6 Å². The molecule has 2 atom stereocenters.